The minimum atomic E-state index is -0.582. The average molecular weight is 579 g/mol. The van der Waals surface area contributed by atoms with E-state index in [1.165, 1.54) is 5.56 Å². The van der Waals surface area contributed by atoms with E-state index in [-0.39, 0.29) is 18.0 Å². The Labute approximate surface area is 251 Å². The number of ether oxygens (including phenoxy) is 1. The molecule has 7 rings (SSSR count). The van der Waals surface area contributed by atoms with Gasteiger partial charge in [-0.15, -0.1) is 0 Å². The van der Waals surface area contributed by atoms with Gasteiger partial charge in [-0.1, -0.05) is 6.07 Å². The number of nitrogens with one attached hydrogen (secondary N) is 1. The van der Waals surface area contributed by atoms with Crippen LogP contribution in [0.15, 0.2) is 43.0 Å². The molecule has 3 aliphatic rings. The second-order valence-electron chi connectivity index (χ2n) is 13.2. The second-order valence-corrected chi connectivity index (χ2v) is 13.2. The summed E-state index contributed by atoms with van der Waals surface area (Å²) in [6, 6.07) is 6.50. The molecule has 2 amide bonds. The van der Waals surface area contributed by atoms with Gasteiger partial charge in [0, 0.05) is 61.3 Å². The van der Waals surface area contributed by atoms with Crippen molar-refractivity contribution in [3.63, 3.8) is 0 Å². The summed E-state index contributed by atoms with van der Waals surface area (Å²) in [6.07, 6.45) is 11.7. The van der Waals surface area contributed by atoms with Crippen LogP contribution in [0.5, 0.6) is 0 Å². The number of carbonyl (C=O) groups excluding carboxylic acids is 2. The minimum absolute atomic E-state index is 0.0592. The monoisotopic (exact) mass is 578 g/mol. The second kappa shape index (κ2) is 10.5. The summed E-state index contributed by atoms with van der Waals surface area (Å²) >= 11 is 0. The van der Waals surface area contributed by atoms with Gasteiger partial charge in [0.1, 0.15) is 17.1 Å². The maximum Gasteiger partial charge on any atom is 0.410 e. The molecule has 4 aromatic rings. The third-order valence-electron chi connectivity index (χ3n) is 8.84. The molecule has 222 valence electrons. The van der Waals surface area contributed by atoms with Gasteiger partial charge in [-0.3, -0.25) is 4.79 Å². The number of hydrogen-bond donors (Lipinski definition) is 1. The summed E-state index contributed by atoms with van der Waals surface area (Å²) < 4.78 is 5.83. The lowest BCUT2D eigenvalue weighted by Gasteiger charge is -2.35. The summed E-state index contributed by atoms with van der Waals surface area (Å²) in [5, 5.41) is 1.10. The topological polar surface area (TPSA) is 104 Å². The van der Waals surface area contributed by atoms with E-state index < -0.39 is 5.60 Å². The quantitative estimate of drug-likeness (QED) is 0.297. The predicted octanol–water partition coefficient (Wildman–Crippen LogP) is 6.48. The molecule has 0 bridgehead atoms. The van der Waals surface area contributed by atoms with Gasteiger partial charge in [0.15, 0.2) is 0 Å². The number of amides is 2. The fourth-order valence-corrected chi connectivity index (χ4v) is 6.44. The number of H-pyrrole nitrogens is 1. The van der Waals surface area contributed by atoms with E-state index in [2.05, 4.69) is 45.1 Å². The van der Waals surface area contributed by atoms with Crippen LogP contribution in [0.3, 0.4) is 0 Å². The number of pyridine rings is 1. The molecule has 0 spiro atoms. The predicted molar refractivity (Wildman–Crippen MR) is 164 cm³/mol. The number of rotatable bonds is 4. The van der Waals surface area contributed by atoms with Crippen molar-refractivity contribution in [3.8, 4) is 11.1 Å². The first-order valence-corrected chi connectivity index (χ1v) is 15.4. The molecular formula is C34H38N6O3. The van der Waals surface area contributed by atoms with Crippen LogP contribution in [0.2, 0.25) is 0 Å². The highest BCUT2D eigenvalue weighted by atomic mass is 16.6. The molecule has 2 fully saturated rings. The van der Waals surface area contributed by atoms with E-state index in [4.69, 9.17) is 4.74 Å². The minimum Gasteiger partial charge on any atom is -0.444 e. The van der Waals surface area contributed by atoms with E-state index in [0.717, 1.165) is 76.8 Å². The largest absolute Gasteiger partial charge is 0.444 e. The number of aromatic amines is 1. The van der Waals surface area contributed by atoms with Crippen molar-refractivity contribution >= 4 is 23.0 Å². The maximum atomic E-state index is 13.6. The zero-order valence-corrected chi connectivity index (χ0v) is 25.3. The lowest BCUT2D eigenvalue weighted by atomic mass is 9.86. The average Bonchev–Trinajstić information content (AvgIpc) is 3.61. The SMILES string of the molecule is Cc1c[nH]c2ncc(-c3cc4c(c([C@@H]5CCCN5C(=O)OC(C)(C)C)c3)CN(C(=O)c3cnc(C5CC5)nc3)CC4)cc12. The Balaban J connectivity index is 1.26. The van der Waals surface area contributed by atoms with Gasteiger partial charge in [0.05, 0.1) is 11.6 Å². The number of carbonyl (C=O) groups is 2. The lowest BCUT2D eigenvalue weighted by Crippen LogP contribution is -2.39. The molecule has 3 aromatic heterocycles. The van der Waals surface area contributed by atoms with Gasteiger partial charge in [-0.25, -0.2) is 19.7 Å². The van der Waals surface area contributed by atoms with Crippen molar-refractivity contribution in [2.24, 2.45) is 0 Å². The van der Waals surface area contributed by atoms with Crippen LogP contribution in [0, 0.1) is 6.92 Å². The fourth-order valence-electron chi connectivity index (χ4n) is 6.44. The maximum absolute atomic E-state index is 13.6. The van der Waals surface area contributed by atoms with Crippen LogP contribution in [-0.2, 0) is 17.7 Å². The Morgan fingerprint density at radius 1 is 0.977 bits per heavy atom. The fraction of sp³-hybridized carbons (Fsp3) is 0.441. The molecule has 9 heteroatoms. The Bertz CT molecular complexity index is 1720. The number of likely N-dealkylation sites (tertiary alicyclic amines) is 1. The molecule has 1 aliphatic carbocycles. The van der Waals surface area contributed by atoms with Crippen molar-refractivity contribution in [3.05, 3.63) is 76.6 Å². The van der Waals surface area contributed by atoms with Crippen molar-refractivity contribution in [2.45, 2.75) is 83.9 Å². The van der Waals surface area contributed by atoms with E-state index in [1.54, 1.807) is 12.4 Å². The molecule has 0 unspecified atom stereocenters. The van der Waals surface area contributed by atoms with Gasteiger partial charge in [0.2, 0.25) is 0 Å². The Hall–Kier alpha value is -4.27. The highest BCUT2D eigenvalue weighted by molar-refractivity contribution is 5.94. The van der Waals surface area contributed by atoms with E-state index in [1.807, 2.05) is 43.0 Å². The van der Waals surface area contributed by atoms with Crippen LogP contribution >= 0.6 is 0 Å². The van der Waals surface area contributed by atoms with Crippen LogP contribution in [-0.4, -0.2) is 60.4 Å². The molecular weight excluding hydrogens is 540 g/mol. The Kier molecular flexibility index (Phi) is 6.71. The van der Waals surface area contributed by atoms with Gasteiger partial charge in [-0.05, 0) is 99.7 Å². The number of aromatic nitrogens is 4. The third-order valence-corrected chi connectivity index (χ3v) is 8.84. The summed E-state index contributed by atoms with van der Waals surface area (Å²) in [5.74, 6) is 1.22. The number of aryl methyl sites for hydroxylation is 1. The summed E-state index contributed by atoms with van der Waals surface area (Å²) in [5.41, 5.74) is 7.47. The molecule has 43 heavy (non-hydrogen) atoms. The Morgan fingerprint density at radius 2 is 1.77 bits per heavy atom. The molecule has 1 saturated heterocycles. The molecule has 9 nitrogen and oxygen atoms in total. The normalized spacial score (nSPS) is 18.7. The number of benzene rings is 1. The molecule has 1 aromatic carbocycles. The first kappa shape index (κ1) is 27.6. The first-order chi connectivity index (χ1) is 20.6. The molecule has 0 radical (unpaired) electrons. The van der Waals surface area contributed by atoms with Gasteiger partial charge < -0.3 is 19.5 Å². The van der Waals surface area contributed by atoms with E-state index in [0.29, 0.717) is 31.1 Å². The van der Waals surface area contributed by atoms with Crippen LogP contribution < -0.4 is 0 Å². The number of fused-ring (bicyclic) bond motifs is 2. The summed E-state index contributed by atoms with van der Waals surface area (Å²) in [4.78, 5) is 47.7. The third kappa shape index (κ3) is 5.37. The van der Waals surface area contributed by atoms with E-state index in [9.17, 15) is 9.59 Å². The zero-order valence-electron chi connectivity index (χ0n) is 25.3. The smallest absolute Gasteiger partial charge is 0.410 e. The van der Waals surface area contributed by atoms with Gasteiger partial charge in [-0.2, -0.15) is 0 Å². The standard InChI is InChI=1S/C34H38N6O3/c1-20-15-35-31-26(20)14-24(16-38-31)23-12-22-9-11-39(32(41)25-17-36-30(37-18-25)21-7-8-21)19-28(22)27(13-23)29-6-5-10-40(29)33(42)43-34(2,3)4/h12-18,21,29H,5-11,19H2,1-4H3,(H,35,38)/t29-/m0/s1. The highest BCUT2D eigenvalue weighted by Crippen LogP contribution is 2.41. The highest BCUT2D eigenvalue weighted by Gasteiger charge is 2.36. The Morgan fingerprint density at radius 3 is 2.51 bits per heavy atom. The van der Waals surface area contributed by atoms with Crippen LogP contribution in [0.25, 0.3) is 22.2 Å². The van der Waals surface area contributed by atoms with Crippen LogP contribution in [0.1, 0.15) is 96.9 Å². The molecule has 1 saturated carbocycles. The first-order valence-electron chi connectivity index (χ1n) is 15.4. The summed E-state index contributed by atoms with van der Waals surface area (Å²) in [6.45, 7) is 9.49. The molecule has 2 aliphatic heterocycles. The lowest BCUT2D eigenvalue weighted by molar-refractivity contribution is 0.0222. The number of nitrogens with zero attached hydrogens (tertiary/aromatic N) is 5. The van der Waals surface area contributed by atoms with Crippen molar-refractivity contribution < 1.29 is 14.3 Å². The molecule has 1 atom stereocenters. The van der Waals surface area contributed by atoms with Crippen molar-refractivity contribution in [1.29, 1.82) is 0 Å². The molecule has 5 heterocycles. The van der Waals surface area contributed by atoms with Gasteiger partial charge in [0.25, 0.3) is 5.91 Å². The van der Waals surface area contributed by atoms with E-state index >= 15 is 0 Å². The zero-order chi connectivity index (χ0) is 29.9. The number of hydrogen-bond acceptors (Lipinski definition) is 6. The van der Waals surface area contributed by atoms with Crippen LogP contribution in [0.4, 0.5) is 4.79 Å². The molecule has 1 N–H and O–H groups in total. The summed E-state index contributed by atoms with van der Waals surface area (Å²) in [7, 11) is 0. The van der Waals surface area contributed by atoms with Gasteiger partial charge >= 0.3 is 6.09 Å². The van der Waals surface area contributed by atoms with Crippen molar-refractivity contribution in [2.75, 3.05) is 13.1 Å². The van der Waals surface area contributed by atoms with Crippen molar-refractivity contribution in [1.82, 2.24) is 29.7 Å².